The molecule has 0 atom stereocenters. The molecule has 0 unspecified atom stereocenters. The summed E-state index contributed by atoms with van der Waals surface area (Å²) in [5.74, 6) is -0.275. The van der Waals surface area contributed by atoms with Gasteiger partial charge in [0, 0.05) is 29.2 Å². The van der Waals surface area contributed by atoms with Crippen LogP contribution in [0.15, 0.2) is 65.7 Å². The molecule has 146 valence electrons. The number of halogens is 1. The van der Waals surface area contributed by atoms with Gasteiger partial charge in [0.05, 0.1) is 10.6 Å². The van der Waals surface area contributed by atoms with Crippen LogP contribution in [0.2, 0.25) is 5.02 Å². The Labute approximate surface area is 169 Å². The van der Waals surface area contributed by atoms with Crippen LogP contribution in [0.3, 0.4) is 0 Å². The average Bonchev–Trinajstić information content (AvgIpc) is 3.11. The van der Waals surface area contributed by atoms with Gasteiger partial charge in [-0.05, 0) is 62.4 Å². The lowest BCUT2D eigenvalue weighted by atomic mass is 10.2. The van der Waals surface area contributed by atoms with Crippen molar-refractivity contribution in [2.45, 2.75) is 24.8 Å². The van der Waals surface area contributed by atoms with E-state index in [-0.39, 0.29) is 22.5 Å². The lowest BCUT2D eigenvalue weighted by molar-refractivity contribution is 0.0975. The zero-order chi connectivity index (χ0) is 20.5. The molecule has 3 aromatic rings. The Morgan fingerprint density at radius 2 is 1.79 bits per heavy atom. The van der Waals surface area contributed by atoms with Crippen LogP contribution in [0.5, 0.6) is 0 Å². The molecule has 0 aliphatic carbocycles. The lowest BCUT2D eigenvalue weighted by Crippen LogP contribution is -2.37. The Morgan fingerprint density at radius 1 is 1.11 bits per heavy atom. The van der Waals surface area contributed by atoms with Crippen LogP contribution in [0, 0.1) is 0 Å². The molecule has 1 heterocycles. The Hall–Kier alpha value is -2.64. The van der Waals surface area contributed by atoms with Crippen molar-refractivity contribution in [3.05, 3.63) is 71.5 Å². The van der Waals surface area contributed by atoms with Crippen molar-refractivity contribution in [3.63, 3.8) is 0 Å². The van der Waals surface area contributed by atoms with E-state index >= 15 is 0 Å². The summed E-state index contributed by atoms with van der Waals surface area (Å²) in [5, 5.41) is 4.96. The summed E-state index contributed by atoms with van der Waals surface area (Å²) >= 11 is 6.02. The van der Waals surface area contributed by atoms with Gasteiger partial charge in [0.2, 0.25) is 0 Å². The van der Waals surface area contributed by atoms with E-state index in [0.29, 0.717) is 10.7 Å². The van der Waals surface area contributed by atoms with Gasteiger partial charge in [0.1, 0.15) is 0 Å². The Kier molecular flexibility index (Phi) is 5.58. The number of rotatable bonds is 5. The van der Waals surface area contributed by atoms with E-state index in [4.69, 9.17) is 11.6 Å². The monoisotopic (exact) mass is 417 g/mol. The number of benzene rings is 2. The van der Waals surface area contributed by atoms with Gasteiger partial charge in [0.25, 0.3) is 5.91 Å². The fourth-order valence-corrected chi connectivity index (χ4v) is 3.64. The molecular formula is C20H20ClN3O3S. The molecule has 1 amide bonds. The van der Waals surface area contributed by atoms with Crippen molar-refractivity contribution in [2.24, 2.45) is 0 Å². The second kappa shape index (κ2) is 7.77. The molecule has 6 nitrogen and oxygen atoms in total. The molecule has 0 saturated heterocycles. The molecule has 0 spiro atoms. The highest BCUT2D eigenvalue weighted by molar-refractivity contribution is 7.90. The molecule has 1 aromatic heterocycles. The van der Waals surface area contributed by atoms with Crippen LogP contribution in [0.25, 0.3) is 5.69 Å². The van der Waals surface area contributed by atoms with Crippen molar-refractivity contribution in [1.29, 1.82) is 0 Å². The predicted octanol–water partition coefficient (Wildman–Crippen LogP) is 3.98. The van der Waals surface area contributed by atoms with Crippen LogP contribution < -0.4 is 4.90 Å². The minimum Gasteiger partial charge on any atom is -0.304 e. The molecule has 0 fully saturated rings. The zero-order valence-corrected chi connectivity index (χ0v) is 17.3. The van der Waals surface area contributed by atoms with Gasteiger partial charge in [-0.15, -0.1) is 0 Å². The average molecular weight is 418 g/mol. The molecule has 0 N–H and O–H groups in total. The van der Waals surface area contributed by atoms with E-state index in [1.165, 1.54) is 12.1 Å². The molecule has 0 aliphatic heterocycles. The maximum Gasteiger partial charge on any atom is 0.279 e. The fourth-order valence-electron chi connectivity index (χ4n) is 2.83. The summed E-state index contributed by atoms with van der Waals surface area (Å²) in [6.07, 6.45) is 2.85. The van der Waals surface area contributed by atoms with Gasteiger partial charge in [-0.1, -0.05) is 17.7 Å². The first kappa shape index (κ1) is 20.1. The maximum absolute atomic E-state index is 13.1. The largest absolute Gasteiger partial charge is 0.304 e. The first-order valence-corrected chi connectivity index (χ1v) is 10.9. The molecule has 8 heteroatoms. The number of anilines is 1. The van der Waals surface area contributed by atoms with E-state index in [9.17, 15) is 13.2 Å². The normalized spacial score (nSPS) is 11.6. The number of amides is 1. The molecule has 2 aromatic carbocycles. The summed E-state index contributed by atoms with van der Waals surface area (Å²) < 4.78 is 24.9. The maximum atomic E-state index is 13.1. The highest BCUT2D eigenvalue weighted by atomic mass is 35.5. The molecule has 0 radical (unpaired) electrons. The molecule has 0 aliphatic rings. The van der Waals surface area contributed by atoms with Crippen molar-refractivity contribution in [3.8, 4) is 5.69 Å². The summed E-state index contributed by atoms with van der Waals surface area (Å²) in [4.78, 5) is 14.9. The molecule has 0 saturated carbocycles. The number of aromatic nitrogens is 2. The topological polar surface area (TPSA) is 72.3 Å². The Bertz CT molecular complexity index is 1110. The highest BCUT2D eigenvalue weighted by Crippen LogP contribution is 2.23. The smallest absolute Gasteiger partial charge is 0.279 e. The molecule has 28 heavy (non-hydrogen) atoms. The van der Waals surface area contributed by atoms with Crippen LogP contribution >= 0.6 is 11.6 Å². The minimum absolute atomic E-state index is 0.145. The highest BCUT2D eigenvalue weighted by Gasteiger charge is 2.23. The van der Waals surface area contributed by atoms with Crippen molar-refractivity contribution in [1.82, 2.24) is 9.78 Å². The second-order valence-electron chi connectivity index (χ2n) is 6.66. The number of sulfone groups is 1. The Balaban J connectivity index is 1.92. The van der Waals surface area contributed by atoms with Crippen LogP contribution in [-0.4, -0.2) is 36.4 Å². The van der Waals surface area contributed by atoms with Gasteiger partial charge in [-0.2, -0.15) is 5.10 Å². The quantitative estimate of drug-likeness (QED) is 0.629. The SMILES string of the molecule is CC(C)N(C(=O)c1ccn(-c2cccc(Cl)c2)n1)c1ccc(S(C)(=O)=O)cc1. The van der Waals surface area contributed by atoms with Gasteiger partial charge in [-0.25, -0.2) is 13.1 Å². The summed E-state index contributed by atoms with van der Waals surface area (Å²) in [6, 6.07) is 14.9. The third kappa shape index (κ3) is 4.26. The van der Waals surface area contributed by atoms with E-state index in [0.717, 1.165) is 11.9 Å². The van der Waals surface area contributed by atoms with Gasteiger partial charge in [-0.3, -0.25) is 4.79 Å². The summed E-state index contributed by atoms with van der Waals surface area (Å²) in [6.45, 7) is 3.77. The number of nitrogens with zero attached hydrogens (tertiary/aromatic N) is 3. The van der Waals surface area contributed by atoms with Gasteiger partial charge < -0.3 is 4.90 Å². The van der Waals surface area contributed by atoms with E-state index in [1.54, 1.807) is 46.1 Å². The van der Waals surface area contributed by atoms with Gasteiger partial charge >= 0.3 is 0 Å². The molecular weight excluding hydrogens is 398 g/mol. The number of carbonyl (C=O) groups excluding carboxylic acids is 1. The summed E-state index contributed by atoms with van der Waals surface area (Å²) in [7, 11) is -3.30. The standard InChI is InChI=1S/C20H20ClN3O3S/c1-14(2)24(16-7-9-18(10-8-16)28(3,26)27)20(25)19-11-12-23(22-19)17-6-4-5-15(21)13-17/h4-14H,1-3H3. The van der Waals surface area contributed by atoms with E-state index in [1.807, 2.05) is 26.0 Å². The minimum atomic E-state index is -3.30. The predicted molar refractivity (Wildman–Crippen MR) is 110 cm³/mol. The number of carbonyl (C=O) groups is 1. The number of hydrogen-bond acceptors (Lipinski definition) is 4. The Morgan fingerprint density at radius 3 is 2.36 bits per heavy atom. The molecule has 3 rings (SSSR count). The fraction of sp³-hybridized carbons (Fsp3) is 0.200. The lowest BCUT2D eigenvalue weighted by Gasteiger charge is -2.26. The zero-order valence-electron chi connectivity index (χ0n) is 15.7. The van der Waals surface area contributed by atoms with E-state index in [2.05, 4.69) is 5.10 Å². The van der Waals surface area contributed by atoms with Gasteiger partial charge in [0.15, 0.2) is 15.5 Å². The van der Waals surface area contributed by atoms with Crippen LogP contribution in [0.1, 0.15) is 24.3 Å². The molecule has 0 bridgehead atoms. The van der Waals surface area contributed by atoms with Crippen molar-refractivity contribution < 1.29 is 13.2 Å². The van der Waals surface area contributed by atoms with Crippen molar-refractivity contribution >= 4 is 33.0 Å². The van der Waals surface area contributed by atoms with Crippen molar-refractivity contribution in [2.75, 3.05) is 11.2 Å². The van der Waals surface area contributed by atoms with Crippen LogP contribution in [-0.2, 0) is 9.84 Å². The third-order valence-electron chi connectivity index (χ3n) is 4.16. The number of hydrogen-bond donors (Lipinski definition) is 0. The van der Waals surface area contributed by atoms with E-state index < -0.39 is 9.84 Å². The third-order valence-corrected chi connectivity index (χ3v) is 5.52. The first-order chi connectivity index (χ1) is 13.2. The first-order valence-electron chi connectivity index (χ1n) is 8.62. The second-order valence-corrected chi connectivity index (χ2v) is 9.11. The summed E-state index contributed by atoms with van der Waals surface area (Å²) in [5.41, 5.74) is 1.63. The van der Waals surface area contributed by atoms with Crippen LogP contribution in [0.4, 0.5) is 5.69 Å².